The number of fused-ring (bicyclic) bond motifs is 1. The zero-order chi connectivity index (χ0) is 27.9. The van der Waals surface area contributed by atoms with E-state index in [4.69, 9.17) is 23.5 Å². The Morgan fingerprint density at radius 1 is 0.872 bits per heavy atom. The summed E-state index contributed by atoms with van der Waals surface area (Å²) in [6.07, 6.45) is 0.0604. The molecule has 0 radical (unpaired) electrons. The summed E-state index contributed by atoms with van der Waals surface area (Å²) < 4.78 is 23.3. The predicted octanol–water partition coefficient (Wildman–Crippen LogP) is 7.15. The van der Waals surface area contributed by atoms with Crippen LogP contribution in [0.2, 0.25) is 6.04 Å². The minimum Gasteiger partial charge on any atom is -0.389 e. The molecule has 0 amide bonds. The van der Waals surface area contributed by atoms with Gasteiger partial charge in [-0.05, 0) is 57.5 Å². The first-order valence-electron chi connectivity index (χ1n) is 13.4. The van der Waals surface area contributed by atoms with Crippen molar-refractivity contribution in [3.8, 4) is 0 Å². The van der Waals surface area contributed by atoms with Crippen LogP contribution in [0.1, 0.15) is 27.2 Å². The summed E-state index contributed by atoms with van der Waals surface area (Å²) in [5.74, 6) is 0. The molecule has 3 aromatic rings. The molecular weight excluding hydrogens is 514 g/mol. The van der Waals surface area contributed by atoms with E-state index in [1.54, 1.807) is 6.07 Å². The predicted molar refractivity (Wildman–Crippen MR) is 155 cm³/mol. The van der Waals surface area contributed by atoms with Gasteiger partial charge in [-0.25, -0.2) is 5.53 Å². The van der Waals surface area contributed by atoms with Gasteiger partial charge in [0.2, 0.25) is 0 Å². The maximum atomic E-state index is 10.4. The molecule has 1 unspecified atom stereocenters. The van der Waals surface area contributed by atoms with Crippen LogP contribution in [0.3, 0.4) is 0 Å². The number of rotatable bonds is 18. The van der Waals surface area contributed by atoms with Gasteiger partial charge in [-0.3, -0.25) is 0 Å². The second-order valence-corrected chi connectivity index (χ2v) is 11.4. The third kappa shape index (κ3) is 9.27. The lowest BCUT2D eigenvalue weighted by molar-refractivity contribution is 0.0379. The van der Waals surface area contributed by atoms with E-state index in [-0.39, 0.29) is 6.61 Å². The first kappa shape index (κ1) is 30.5. The molecule has 3 N–H and O–H groups in total. The van der Waals surface area contributed by atoms with Gasteiger partial charge in [0.15, 0.2) is 0 Å². The number of aliphatic hydroxyl groups excluding tert-OH is 1. The van der Waals surface area contributed by atoms with Crippen molar-refractivity contribution in [3.05, 3.63) is 60.7 Å². The maximum absolute atomic E-state index is 10.4. The van der Waals surface area contributed by atoms with E-state index in [2.05, 4.69) is 20.7 Å². The molecular formula is C28H39N5O5Si. The number of aliphatic hydroxyl groups is 1. The van der Waals surface area contributed by atoms with E-state index in [0.717, 1.165) is 22.9 Å². The Kier molecular flexibility index (Phi) is 12.6. The highest BCUT2D eigenvalue weighted by molar-refractivity contribution is 6.60. The zero-order valence-corrected chi connectivity index (χ0v) is 23.9. The van der Waals surface area contributed by atoms with Crippen LogP contribution >= 0.6 is 0 Å². The van der Waals surface area contributed by atoms with Crippen molar-refractivity contribution in [3.63, 3.8) is 0 Å². The van der Waals surface area contributed by atoms with E-state index in [1.165, 1.54) is 0 Å². The minimum absolute atomic E-state index is 0.215. The summed E-state index contributed by atoms with van der Waals surface area (Å²) in [5, 5.41) is 27.7. The third-order valence-corrected chi connectivity index (χ3v) is 8.99. The Balaban J connectivity index is 1.47. The Morgan fingerprint density at radius 2 is 1.54 bits per heavy atom. The average Bonchev–Trinajstić information content (AvgIpc) is 2.95. The van der Waals surface area contributed by atoms with Crippen LogP contribution in [0.5, 0.6) is 0 Å². The number of azo groups is 1. The molecule has 0 spiro atoms. The Morgan fingerprint density at radius 3 is 2.21 bits per heavy atom. The van der Waals surface area contributed by atoms with Crippen molar-refractivity contribution >= 4 is 42.3 Å². The molecule has 3 aromatic carbocycles. The van der Waals surface area contributed by atoms with Crippen LogP contribution in [0.25, 0.3) is 10.8 Å². The second-order valence-electron chi connectivity index (χ2n) is 8.71. The third-order valence-electron chi connectivity index (χ3n) is 5.83. The molecule has 10 nitrogen and oxygen atoms in total. The molecule has 3 rings (SSSR count). The number of benzene rings is 3. The molecule has 0 aliphatic carbocycles. The zero-order valence-electron chi connectivity index (χ0n) is 22.9. The Bertz CT molecular complexity index is 1190. The number of anilines is 1. The number of hydrogen-bond acceptors (Lipinski definition) is 10. The standard InChI is InChI=1S/C28H39N5O5Si/c1-4-36-39(37-5-2,38-6-3)18-10-17-35-21-24(34)20-30-22-11-9-12-23(19-22)32-33-28-16-15-27(31-29)25-13-7-8-14-26(25)28/h7-9,11-16,19,24,29-30,34H,4-6,10,17-18,20-21H2,1-3H3. The molecule has 0 aromatic heterocycles. The van der Waals surface area contributed by atoms with Crippen LogP contribution < -0.4 is 5.32 Å². The van der Waals surface area contributed by atoms with Crippen LogP contribution in [0.15, 0.2) is 76.0 Å². The van der Waals surface area contributed by atoms with Crippen molar-refractivity contribution in [2.45, 2.75) is 39.3 Å². The highest BCUT2D eigenvalue weighted by Gasteiger charge is 2.39. The largest absolute Gasteiger partial charge is 0.501 e. The minimum atomic E-state index is -2.67. The molecule has 0 saturated heterocycles. The molecule has 11 heteroatoms. The number of ether oxygens (including phenoxy) is 1. The highest BCUT2D eigenvalue weighted by atomic mass is 28.4. The monoisotopic (exact) mass is 553 g/mol. The topological polar surface area (TPSA) is 130 Å². The summed E-state index contributed by atoms with van der Waals surface area (Å²) in [5.41, 5.74) is 10.2. The number of nitrogens with zero attached hydrogens (tertiary/aromatic N) is 3. The summed E-state index contributed by atoms with van der Waals surface area (Å²) >= 11 is 0. The van der Waals surface area contributed by atoms with Crippen molar-refractivity contribution in [1.82, 2.24) is 0 Å². The number of nitrogens with one attached hydrogen (secondary N) is 2. The van der Waals surface area contributed by atoms with Gasteiger partial charge in [0.1, 0.15) is 0 Å². The van der Waals surface area contributed by atoms with Gasteiger partial charge in [0.25, 0.3) is 0 Å². The van der Waals surface area contributed by atoms with Crippen LogP contribution in [-0.4, -0.2) is 59.6 Å². The fourth-order valence-electron chi connectivity index (χ4n) is 4.15. The van der Waals surface area contributed by atoms with E-state index >= 15 is 0 Å². The summed E-state index contributed by atoms with van der Waals surface area (Å²) in [6.45, 7) is 8.50. The van der Waals surface area contributed by atoms with Gasteiger partial charge in [-0.1, -0.05) is 30.3 Å². The van der Waals surface area contributed by atoms with Gasteiger partial charge in [0, 0.05) is 55.5 Å². The van der Waals surface area contributed by atoms with Gasteiger partial charge in [-0.15, -0.1) is 5.11 Å². The normalized spacial score (nSPS) is 12.7. The summed E-state index contributed by atoms with van der Waals surface area (Å²) in [6, 6.07) is 19.5. The van der Waals surface area contributed by atoms with E-state index < -0.39 is 14.9 Å². The molecule has 0 aliphatic rings. The molecule has 0 fully saturated rings. The Labute approximate surface area is 231 Å². The summed E-state index contributed by atoms with van der Waals surface area (Å²) in [4.78, 5) is 0. The van der Waals surface area contributed by atoms with Crippen LogP contribution in [0.4, 0.5) is 22.7 Å². The van der Waals surface area contributed by atoms with Crippen molar-refractivity contribution in [2.75, 3.05) is 44.9 Å². The molecule has 0 bridgehead atoms. The number of hydrogen-bond donors (Lipinski definition) is 3. The first-order valence-corrected chi connectivity index (χ1v) is 15.3. The van der Waals surface area contributed by atoms with Crippen molar-refractivity contribution < 1.29 is 23.1 Å². The molecule has 210 valence electrons. The highest BCUT2D eigenvalue weighted by Crippen LogP contribution is 2.34. The summed E-state index contributed by atoms with van der Waals surface area (Å²) in [7, 11) is -2.67. The van der Waals surface area contributed by atoms with Gasteiger partial charge in [0.05, 0.1) is 29.8 Å². The lowest BCUT2D eigenvalue weighted by Gasteiger charge is -2.28. The average molecular weight is 554 g/mol. The molecule has 0 saturated carbocycles. The molecule has 0 heterocycles. The molecule has 1 atom stereocenters. The van der Waals surface area contributed by atoms with Gasteiger partial charge >= 0.3 is 8.80 Å². The molecule has 39 heavy (non-hydrogen) atoms. The fraction of sp³-hybridized carbons (Fsp3) is 0.429. The lowest BCUT2D eigenvalue weighted by atomic mass is 10.1. The maximum Gasteiger partial charge on any atom is 0.501 e. The SMILES string of the molecule is CCO[Si](CCCOCC(O)CNc1cccc(N=Nc2ccc(N=N)c3ccccc23)c1)(OCC)OCC. The quantitative estimate of drug-likeness (QED) is 0.0871. The van der Waals surface area contributed by atoms with E-state index in [1.807, 2.05) is 75.4 Å². The molecule has 0 aliphatic heterocycles. The van der Waals surface area contributed by atoms with Gasteiger partial charge in [-0.2, -0.15) is 10.2 Å². The smallest absolute Gasteiger partial charge is 0.389 e. The van der Waals surface area contributed by atoms with Crippen LogP contribution in [0, 0.1) is 5.53 Å². The lowest BCUT2D eigenvalue weighted by Crippen LogP contribution is -2.46. The van der Waals surface area contributed by atoms with E-state index in [0.29, 0.717) is 56.1 Å². The van der Waals surface area contributed by atoms with Gasteiger partial charge < -0.3 is 28.4 Å². The first-order chi connectivity index (χ1) is 19.0. The fourth-order valence-corrected chi connectivity index (χ4v) is 6.73. The second kappa shape index (κ2) is 16.1. The van der Waals surface area contributed by atoms with Crippen molar-refractivity contribution in [1.29, 1.82) is 5.53 Å². The Hall–Kier alpha value is -3.06. The van der Waals surface area contributed by atoms with E-state index in [9.17, 15) is 5.11 Å². The van der Waals surface area contributed by atoms with Crippen molar-refractivity contribution in [2.24, 2.45) is 15.3 Å². The van der Waals surface area contributed by atoms with Crippen LogP contribution in [-0.2, 0) is 18.0 Å².